The van der Waals surface area contributed by atoms with Crippen LogP contribution in [0.1, 0.15) is 17.3 Å². The summed E-state index contributed by atoms with van der Waals surface area (Å²) in [5.74, 6) is -0.182. The molecule has 0 aliphatic rings. The maximum atomic E-state index is 12.3. The van der Waals surface area contributed by atoms with Gasteiger partial charge in [-0.2, -0.15) is 0 Å². The van der Waals surface area contributed by atoms with Gasteiger partial charge in [-0.3, -0.25) is 9.59 Å². The van der Waals surface area contributed by atoms with Crippen molar-refractivity contribution in [2.75, 3.05) is 5.32 Å². The fraction of sp³-hybridized carbons (Fsp3) is 0.0909. The number of nitrogens with one attached hydrogen (secondary N) is 1. The lowest BCUT2D eigenvalue weighted by molar-refractivity contribution is -0.122. The van der Waals surface area contributed by atoms with Crippen LogP contribution in [0.25, 0.3) is 11.1 Å². The highest BCUT2D eigenvalue weighted by Crippen LogP contribution is 2.22. The van der Waals surface area contributed by atoms with Crippen molar-refractivity contribution >= 4 is 17.5 Å². The standard InChI is InChI=1S/C22H20N2O3/c1-15(22(26)24-19-11-7-18(8-12-19)21(23)25)27-20-13-9-17(10-14-20)16-5-3-2-4-6-16/h2-15H,1H3,(H2,23,25)(H,24,26)/t15-/m0/s1. The van der Waals surface area contributed by atoms with E-state index in [0.717, 1.165) is 11.1 Å². The van der Waals surface area contributed by atoms with Crippen molar-refractivity contribution in [2.45, 2.75) is 13.0 Å². The Hall–Kier alpha value is -3.60. The van der Waals surface area contributed by atoms with Crippen LogP contribution in [0.4, 0.5) is 5.69 Å². The largest absolute Gasteiger partial charge is 0.481 e. The van der Waals surface area contributed by atoms with Crippen molar-refractivity contribution in [1.82, 2.24) is 0 Å². The molecule has 0 saturated heterocycles. The predicted octanol–water partition coefficient (Wildman–Crippen LogP) is 3.86. The lowest BCUT2D eigenvalue weighted by Crippen LogP contribution is -2.30. The Bertz CT molecular complexity index is 920. The molecule has 0 aliphatic heterocycles. The highest BCUT2D eigenvalue weighted by molar-refractivity contribution is 5.96. The maximum absolute atomic E-state index is 12.3. The number of carbonyl (C=O) groups excluding carboxylic acids is 2. The Balaban J connectivity index is 1.60. The van der Waals surface area contributed by atoms with E-state index in [1.807, 2.05) is 54.6 Å². The molecule has 0 bridgehead atoms. The summed E-state index contributed by atoms with van der Waals surface area (Å²) >= 11 is 0. The molecule has 0 fully saturated rings. The Labute approximate surface area is 157 Å². The number of primary amides is 1. The fourth-order valence-electron chi connectivity index (χ4n) is 2.58. The van der Waals surface area contributed by atoms with Crippen molar-refractivity contribution in [2.24, 2.45) is 5.73 Å². The first kappa shape index (κ1) is 18.2. The second-order valence-corrected chi connectivity index (χ2v) is 6.08. The second-order valence-electron chi connectivity index (χ2n) is 6.08. The molecule has 5 heteroatoms. The van der Waals surface area contributed by atoms with Crippen molar-refractivity contribution in [3.63, 3.8) is 0 Å². The molecule has 3 rings (SSSR count). The third-order valence-electron chi connectivity index (χ3n) is 4.08. The number of hydrogen-bond donors (Lipinski definition) is 2. The SMILES string of the molecule is C[C@H](Oc1ccc(-c2ccccc2)cc1)C(=O)Nc1ccc(C(N)=O)cc1. The predicted molar refractivity (Wildman–Crippen MR) is 106 cm³/mol. The number of ether oxygens (including phenoxy) is 1. The van der Waals surface area contributed by atoms with Gasteiger partial charge in [0.05, 0.1) is 0 Å². The van der Waals surface area contributed by atoms with E-state index in [1.165, 1.54) is 0 Å². The van der Waals surface area contributed by atoms with Crippen LogP contribution in [0.3, 0.4) is 0 Å². The van der Waals surface area contributed by atoms with Crippen LogP contribution in [0.5, 0.6) is 5.75 Å². The summed E-state index contributed by atoms with van der Waals surface area (Å²) in [4.78, 5) is 23.4. The van der Waals surface area contributed by atoms with Gasteiger partial charge >= 0.3 is 0 Å². The summed E-state index contributed by atoms with van der Waals surface area (Å²) in [7, 11) is 0. The van der Waals surface area contributed by atoms with Crippen LogP contribution in [0, 0.1) is 0 Å². The molecule has 136 valence electrons. The number of carbonyl (C=O) groups is 2. The molecule has 2 amide bonds. The van der Waals surface area contributed by atoms with Gasteiger partial charge in [0.15, 0.2) is 6.10 Å². The summed E-state index contributed by atoms with van der Waals surface area (Å²) in [6.45, 7) is 1.68. The zero-order valence-corrected chi connectivity index (χ0v) is 14.9. The van der Waals surface area contributed by atoms with Gasteiger partial charge in [-0.05, 0) is 54.4 Å². The Morgan fingerprint density at radius 3 is 2.04 bits per heavy atom. The van der Waals surface area contributed by atoms with Crippen LogP contribution in [0.2, 0.25) is 0 Å². The number of rotatable bonds is 6. The van der Waals surface area contributed by atoms with E-state index in [2.05, 4.69) is 5.32 Å². The monoisotopic (exact) mass is 360 g/mol. The summed E-state index contributed by atoms with van der Waals surface area (Å²) in [5, 5.41) is 2.75. The lowest BCUT2D eigenvalue weighted by atomic mass is 10.1. The molecule has 3 N–H and O–H groups in total. The molecule has 3 aromatic carbocycles. The third kappa shape index (κ3) is 4.73. The molecule has 0 heterocycles. The fourth-order valence-corrected chi connectivity index (χ4v) is 2.58. The first-order valence-electron chi connectivity index (χ1n) is 8.56. The third-order valence-corrected chi connectivity index (χ3v) is 4.08. The van der Waals surface area contributed by atoms with E-state index in [0.29, 0.717) is 17.0 Å². The lowest BCUT2D eigenvalue weighted by Gasteiger charge is -2.15. The quantitative estimate of drug-likeness (QED) is 0.700. The summed E-state index contributed by atoms with van der Waals surface area (Å²) in [6.07, 6.45) is -0.677. The summed E-state index contributed by atoms with van der Waals surface area (Å²) in [5.41, 5.74) is 8.35. The van der Waals surface area contributed by atoms with Gasteiger partial charge in [0, 0.05) is 11.3 Å². The van der Waals surface area contributed by atoms with Crippen LogP contribution < -0.4 is 15.8 Å². The van der Waals surface area contributed by atoms with Crippen molar-refractivity contribution in [3.8, 4) is 16.9 Å². The molecule has 5 nitrogen and oxygen atoms in total. The molecular formula is C22H20N2O3. The van der Waals surface area contributed by atoms with Gasteiger partial charge in [0.1, 0.15) is 5.75 Å². The minimum absolute atomic E-state index is 0.283. The molecule has 0 saturated carbocycles. The average Bonchev–Trinajstić information content (AvgIpc) is 2.69. The van der Waals surface area contributed by atoms with Gasteiger partial charge in [-0.1, -0.05) is 42.5 Å². The molecular weight excluding hydrogens is 340 g/mol. The Kier molecular flexibility index (Phi) is 5.52. The van der Waals surface area contributed by atoms with Crippen LogP contribution in [0.15, 0.2) is 78.9 Å². The van der Waals surface area contributed by atoms with Crippen LogP contribution in [-0.2, 0) is 4.79 Å². The molecule has 3 aromatic rings. The van der Waals surface area contributed by atoms with Gasteiger partial charge in [-0.15, -0.1) is 0 Å². The van der Waals surface area contributed by atoms with Crippen molar-refractivity contribution in [1.29, 1.82) is 0 Å². The van der Waals surface area contributed by atoms with Gasteiger partial charge in [-0.25, -0.2) is 0 Å². The Morgan fingerprint density at radius 2 is 1.44 bits per heavy atom. The summed E-state index contributed by atoms with van der Waals surface area (Å²) < 4.78 is 5.72. The number of anilines is 1. The van der Waals surface area contributed by atoms with Gasteiger partial charge < -0.3 is 15.8 Å². The van der Waals surface area contributed by atoms with Gasteiger partial charge in [0.25, 0.3) is 5.91 Å². The van der Waals surface area contributed by atoms with Crippen molar-refractivity contribution in [3.05, 3.63) is 84.4 Å². The van der Waals surface area contributed by atoms with E-state index < -0.39 is 12.0 Å². The molecule has 0 aliphatic carbocycles. The number of hydrogen-bond acceptors (Lipinski definition) is 3. The highest BCUT2D eigenvalue weighted by atomic mass is 16.5. The first-order chi connectivity index (χ1) is 13.0. The van der Waals surface area contributed by atoms with Gasteiger partial charge in [0.2, 0.25) is 5.91 Å². The normalized spacial score (nSPS) is 11.4. The first-order valence-corrected chi connectivity index (χ1v) is 8.56. The van der Waals surface area contributed by atoms with E-state index >= 15 is 0 Å². The summed E-state index contributed by atoms with van der Waals surface area (Å²) in [6, 6.07) is 24.0. The molecule has 0 radical (unpaired) electrons. The number of amides is 2. The maximum Gasteiger partial charge on any atom is 0.265 e. The van der Waals surface area contributed by atoms with Crippen LogP contribution >= 0.6 is 0 Å². The second kappa shape index (κ2) is 8.19. The zero-order chi connectivity index (χ0) is 19.2. The zero-order valence-electron chi connectivity index (χ0n) is 14.9. The topological polar surface area (TPSA) is 81.4 Å². The highest BCUT2D eigenvalue weighted by Gasteiger charge is 2.15. The Morgan fingerprint density at radius 1 is 0.852 bits per heavy atom. The molecule has 0 spiro atoms. The molecule has 0 unspecified atom stereocenters. The minimum Gasteiger partial charge on any atom is -0.481 e. The molecule has 27 heavy (non-hydrogen) atoms. The number of benzene rings is 3. The number of nitrogens with two attached hydrogens (primary N) is 1. The van der Waals surface area contributed by atoms with E-state index in [1.54, 1.807) is 31.2 Å². The smallest absolute Gasteiger partial charge is 0.265 e. The van der Waals surface area contributed by atoms with Crippen LogP contribution in [-0.4, -0.2) is 17.9 Å². The average molecular weight is 360 g/mol. The minimum atomic E-state index is -0.677. The van der Waals surface area contributed by atoms with Crippen molar-refractivity contribution < 1.29 is 14.3 Å². The van der Waals surface area contributed by atoms with E-state index in [4.69, 9.17) is 10.5 Å². The van der Waals surface area contributed by atoms with E-state index in [-0.39, 0.29) is 5.91 Å². The molecule has 1 atom stereocenters. The van der Waals surface area contributed by atoms with E-state index in [9.17, 15) is 9.59 Å². The molecule has 0 aromatic heterocycles.